The molecule has 0 fully saturated rings. The van der Waals surface area contributed by atoms with Gasteiger partial charge in [0.05, 0.1) is 0 Å². The van der Waals surface area contributed by atoms with E-state index in [-0.39, 0.29) is 0 Å². The van der Waals surface area contributed by atoms with Gasteiger partial charge in [0.1, 0.15) is 5.75 Å². The molecule has 0 spiro atoms. The topological polar surface area (TPSA) is 72.3 Å². The molecule has 0 aliphatic carbocycles. The summed E-state index contributed by atoms with van der Waals surface area (Å²) >= 11 is 0. The van der Waals surface area contributed by atoms with Crippen LogP contribution in [0.1, 0.15) is 167 Å². The number of nitrogens with two attached hydrogens (primary N) is 2. The van der Waals surface area contributed by atoms with Crippen LogP contribution in [0.25, 0.3) is 0 Å². The van der Waals surface area contributed by atoms with E-state index in [1.165, 1.54) is 77.0 Å². The monoisotopic (exact) mass is 488 g/mol. The lowest BCUT2D eigenvalue weighted by Gasteiger charge is -2.36. The molecule has 0 aromatic heterocycles. The molecular formula is C32H60N2O. The van der Waals surface area contributed by atoms with Crippen LogP contribution in [0, 0.1) is 0 Å². The van der Waals surface area contributed by atoms with Gasteiger partial charge in [0.15, 0.2) is 0 Å². The second kappa shape index (κ2) is 18.2. The molecule has 0 radical (unpaired) electrons. The molecule has 0 saturated carbocycles. The van der Waals surface area contributed by atoms with Gasteiger partial charge in [-0.15, -0.1) is 0 Å². The number of hydrogen-bond donors (Lipinski definition) is 3. The van der Waals surface area contributed by atoms with E-state index in [9.17, 15) is 5.11 Å². The predicted octanol–water partition coefficient (Wildman–Crippen LogP) is 9.58. The molecule has 3 heteroatoms. The molecule has 0 bridgehead atoms. The van der Waals surface area contributed by atoms with E-state index in [1.807, 2.05) is 0 Å². The van der Waals surface area contributed by atoms with Gasteiger partial charge in [-0.1, -0.05) is 149 Å². The van der Waals surface area contributed by atoms with Gasteiger partial charge < -0.3 is 16.6 Å². The van der Waals surface area contributed by atoms with Crippen LogP contribution in [0.2, 0.25) is 0 Å². The van der Waals surface area contributed by atoms with Crippen molar-refractivity contribution in [2.45, 2.75) is 167 Å². The van der Waals surface area contributed by atoms with Crippen molar-refractivity contribution in [3.63, 3.8) is 0 Å². The third-order valence-electron chi connectivity index (χ3n) is 8.01. The molecule has 0 heterocycles. The molecule has 1 aromatic rings. The van der Waals surface area contributed by atoms with Gasteiger partial charge in [0.25, 0.3) is 0 Å². The number of hydrogen-bond acceptors (Lipinski definition) is 3. The smallest absolute Gasteiger partial charge is 0.125 e. The molecule has 0 saturated heterocycles. The molecule has 1 aromatic carbocycles. The molecule has 0 unspecified atom stereocenters. The maximum atomic E-state index is 11.7. The first-order valence-electron chi connectivity index (χ1n) is 15.3. The number of aromatic hydroxyl groups is 1. The Morgan fingerprint density at radius 1 is 0.514 bits per heavy atom. The van der Waals surface area contributed by atoms with E-state index in [4.69, 9.17) is 11.5 Å². The Kier molecular flexibility index (Phi) is 16.6. The van der Waals surface area contributed by atoms with Crippen molar-refractivity contribution in [3.05, 3.63) is 29.3 Å². The zero-order chi connectivity index (χ0) is 26.0. The Balaban J connectivity index is 3.23. The lowest BCUT2D eigenvalue weighted by molar-refractivity contribution is 0.309. The summed E-state index contributed by atoms with van der Waals surface area (Å²) in [6.45, 7) is 8.99. The summed E-state index contributed by atoms with van der Waals surface area (Å²) < 4.78 is 0. The standard InChI is InChI=1S/C32H60N2O/c1-5-9-13-17-24-31(33,25-18-14-10-6-2)28-22-21-23-29(30(28)35)32(34,26-19-15-11-7-3)27-20-16-12-8-4/h21-23,35H,5-20,24-27,33-34H2,1-4H3. The molecule has 0 amide bonds. The first kappa shape index (κ1) is 32.0. The zero-order valence-electron chi connectivity index (χ0n) is 24.0. The average molecular weight is 489 g/mol. The Labute approximate surface area is 218 Å². The van der Waals surface area contributed by atoms with E-state index in [2.05, 4.69) is 45.9 Å². The minimum Gasteiger partial charge on any atom is -0.507 e. The summed E-state index contributed by atoms with van der Waals surface area (Å²) in [6, 6.07) is 6.25. The van der Waals surface area contributed by atoms with Crippen molar-refractivity contribution in [2.24, 2.45) is 11.5 Å². The van der Waals surface area contributed by atoms with E-state index >= 15 is 0 Å². The maximum Gasteiger partial charge on any atom is 0.125 e. The van der Waals surface area contributed by atoms with Gasteiger partial charge >= 0.3 is 0 Å². The molecule has 0 aliphatic heterocycles. The van der Waals surface area contributed by atoms with Crippen molar-refractivity contribution in [1.82, 2.24) is 0 Å². The molecule has 5 N–H and O–H groups in total. The van der Waals surface area contributed by atoms with Gasteiger partial charge in [0, 0.05) is 22.2 Å². The fourth-order valence-electron chi connectivity index (χ4n) is 5.60. The Morgan fingerprint density at radius 2 is 0.800 bits per heavy atom. The zero-order valence-corrected chi connectivity index (χ0v) is 24.0. The SMILES string of the molecule is CCCCCCC(N)(CCCCCC)c1cccc(C(N)(CCCCCC)CCCCCC)c1O. The van der Waals surface area contributed by atoms with E-state index in [0.29, 0.717) is 5.75 Å². The first-order valence-corrected chi connectivity index (χ1v) is 15.3. The third-order valence-corrected chi connectivity index (χ3v) is 8.01. The summed E-state index contributed by atoms with van der Waals surface area (Å²) in [5.41, 5.74) is 15.3. The highest BCUT2D eigenvalue weighted by atomic mass is 16.3. The Bertz CT molecular complexity index is 581. The molecule has 3 nitrogen and oxygen atoms in total. The second-order valence-electron chi connectivity index (χ2n) is 11.3. The maximum absolute atomic E-state index is 11.7. The molecule has 0 atom stereocenters. The van der Waals surface area contributed by atoms with Gasteiger partial charge in [-0.3, -0.25) is 0 Å². The van der Waals surface area contributed by atoms with Crippen molar-refractivity contribution in [1.29, 1.82) is 0 Å². The van der Waals surface area contributed by atoms with Crippen LogP contribution in [-0.2, 0) is 11.1 Å². The van der Waals surface area contributed by atoms with E-state index < -0.39 is 11.1 Å². The molecular weight excluding hydrogens is 428 g/mol. The van der Waals surface area contributed by atoms with Crippen LogP contribution < -0.4 is 11.5 Å². The molecule has 204 valence electrons. The van der Waals surface area contributed by atoms with E-state index in [1.54, 1.807) is 0 Å². The number of phenols is 1. The molecule has 0 aliphatic rings. The lowest BCUT2D eigenvalue weighted by atomic mass is 9.75. The van der Waals surface area contributed by atoms with Crippen LogP contribution in [0.5, 0.6) is 5.75 Å². The summed E-state index contributed by atoms with van der Waals surface area (Å²) in [4.78, 5) is 0. The van der Waals surface area contributed by atoms with Crippen LogP contribution in [-0.4, -0.2) is 5.11 Å². The number of phenolic OH excluding ortho intramolecular Hbond substituents is 1. The van der Waals surface area contributed by atoms with Gasteiger partial charge in [0.2, 0.25) is 0 Å². The summed E-state index contributed by atoms with van der Waals surface area (Å²) in [6.07, 6.45) is 22.9. The highest BCUT2D eigenvalue weighted by Crippen LogP contribution is 2.43. The van der Waals surface area contributed by atoms with Crippen LogP contribution in [0.3, 0.4) is 0 Å². The Hall–Kier alpha value is -1.06. The van der Waals surface area contributed by atoms with Crippen molar-refractivity contribution in [3.8, 4) is 5.75 Å². The van der Waals surface area contributed by atoms with Gasteiger partial charge in [-0.05, 0) is 25.7 Å². The van der Waals surface area contributed by atoms with Crippen molar-refractivity contribution >= 4 is 0 Å². The molecule has 1 rings (SSSR count). The minimum atomic E-state index is -0.479. The lowest BCUT2D eigenvalue weighted by Crippen LogP contribution is -2.40. The average Bonchev–Trinajstić information content (AvgIpc) is 2.85. The van der Waals surface area contributed by atoms with Crippen molar-refractivity contribution in [2.75, 3.05) is 0 Å². The fraction of sp³-hybridized carbons (Fsp3) is 0.812. The minimum absolute atomic E-state index is 0.384. The predicted molar refractivity (Wildman–Crippen MR) is 155 cm³/mol. The number of para-hydroxylation sites is 1. The summed E-state index contributed by atoms with van der Waals surface area (Å²) in [5.74, 6) is 0.384. The Morgan fingerprint density at radius 3 is 1.06 bits per heavy atom. The number of benzene rings is 1. The fourth-order valence-corrected chi connectivity index (χ4v) is 5.60. The van der Waals surface area contributed by atoms with Crippen LogP contribution >= 0.6 is 0 Å². The van der Waals surface area contributed by atoms with Crippen molar-refractivity contribution < 1.29 is 5.11 Å². The third kappa shape index (κ3) is 11.3. The second-order valence-corrected chi connectivity index (χ2v) is 11.3. The normalized spacial score (nSPS) is 12.4. The number of rotatable bonds is 22. The first-order chi connectivity index (χ1) is 16.9. The quantitative estimate of drug-likeness (QED) is 0.142. The van der Waals surface area contributed by atoms with Gasteiger partial charge in [-0.25, -0.2) is 0 Å². The van der Waals surface area contributed by atoms with Gasteiger partial charge in [-0.2, -0.15) is 0 Å². The largest absolute Gasteiger partial charge is 0.507 e. The highest BCUT2D eigenvalue weighted by molar-refractivity contribution is 5.48. The van der Waals surface area contributed by atoms with E-state index in [0.717, 1.165) is 62.5 Å². The number of unbranched alkanes of at least 4 members (excludes halogenated alkanes) is 12. The van der Waals surface area contributed by atoms with Crippen LogP contribution in [0.15, 0.2) is 18.2 Å². The summed E-state index contributed by atoms with van der Waals surface area (Å²) in [5, 5.41) is 11.7. The summed E-state index contributed by atoms with van der Waals surface area (Å²) in [7, 11) is 0. The molecule has 35 heavy (non-hydrogen) atoms. The van der Waals surface area contributed by atoms with Crippen LogP contribution in [0.4, 0.5) is 0 Å². The highest BCUT2D eigenvalue weighted by Gasteiger charge is 2.35.